The quantitative estimate of drug-likeness (QED) is 0.399. The average molecular weight is 421 g/mol. The van der Waals surface area contributed by atoms with Gasteiger partial charge in [-0.15, -0.1) is 0 Å². The fourth-order valence-corrected chi connectivity index (χ4v) is 4.54. The molecule has 3 heterocycles. The number of pyridine rings is 2. The first-order valence-electron chi connectivity index (χ1n) is 10.2. The van der Waals surface area contributed by atoms with E-state index < -0.39 is 6.10 Å². The first kappa shape index (κ1) is 19.2. The van der Waals surface area contributed by atoms with E-state index in [9.17, 15) is 9.90 Å². The van der Waals surface area contributed by atoms with Crippen molar-refractivity contribution in [3.63, 3.8) is 0 Å². The highest BCUT2D eigenvalue weighted by atomic mass is 35.5. The molecule has 5 rings (SSSR count). The van der Waals surface area contributed by atoms with Crippen LogP contribution < -0.4 is 5.56 Å². The van der Waals surface area contributed by atoms with Crippen molar-refractivity contribution in [3.8, 4) is 0 Å². The number of nitrogens with zero attached hydrogens (tertiary/aromatic N) is 4. The van der Waals surface area contributed by atoms with Crippen LogP contribution in [0.15, 0.2) is 53.7 Å². The maximum atomic E-state index is 13.6. The van der Waals surface area contributed by atoms with Crippen LogP contribution in [0.5, 0.6) is 0 Å². The Morgan fingerprint density at radius 3 is 2.73 bits per heavy atom. The topological polar surface area (TPSA) is 80.9 Å². The maximum absolute atomic E-state index is 13.6. The molecule has 6 nitrogen and oxygen atoms in total. The molecule has 0 bridgehead atoms. The van der Waals surface area contributed by atoms with Crippen LogP contribution in [0.1, 0.15) is 43.1 Å². The summed E-state index contributed by atoms with van der Waals surface area (Å²) < 4.78 is 1.72. The predicted molar refractivity (Wildman–Crippen MR) is 117 cm³/mol. The number of aliphatic hydroxyl groups is 1. The lowest BCUT2D eigenvalue weighted by Crippen LogP contribution is -2.37. The monoisotopic (exact) mass is 420 g/mol. The number of aromatic nitrogens is 4. The number of hydrogen-bond donors (Lipinski definition) is 1. The summed E-state index contributed by atoms with van der Waals surface area (Å²) in [5.41, 5.74) is 1.46. The molecule has 0 unspecified atom stereocenters. The molecule has 0 radical (unpaired) electrons. The summed E-state index contributed by atoms with van der Waals surface area (Å²) in [6.07, 6.45) is 8.48. The predicted octanol–water partition coefficient (Wildman–Crippen LogP) is 4.06. The summed E-state index contributed by atoms with van der Waals surface area (Å²) in [5, 5.41) is 13.5. The van der Waals surface area contributed by atoms with E-state index in [2.05, 4.69) is 9.97 Å². The Morgan fingerprint density at radius 1 is 1.07 bits per heavy atom. The van der Waals surface area contributed by atoms with E-state index in [4.69, 9.17) is 16.6 Å². The molecule has 1 N–H and O–H groups in total. The zero-order valence-corrected chi connectivity index (χ0v) is 17.1. The van der Waals surface area contributed by atoms with Crippen molar-refractivity contribution < 1.29 is 5.11 Å². The summed E-state index contributed by atoms with van der Waals surface area (Å²) in [6, 6.07) is 8.95. The summed E-state index contributed by atoms with van der Waals surface area (Å²) in [6.45, 7) is 0. The molecule has 0 saturated heterocycles. The van der Waals surface area contributed by atoms with E-state index in [1.807, 2.05) is 24.3 Å². The second kappa shape index (κ2) is 7.78. The van der Waals surface area contributed by atoms with Crippen LogP contribution in [0.2, 0.25) is 5.15 Å². The fraction of sp³-hybridized carbons (Fsp3) is 0.304. The van der Waals surface area contributed by atoms with Gasteiger partial charge in [0.25, 0.3) is 5.56 Å². The maximum Gasteiger partial charge on any atom is 0.261 e. The second-order valence-corrected chi connectivity index (χ2v) is 8.23. The van der Waals surface area contributed by atoms with E-state index in [0.717, 1.165) is 35.6 Å². The van der Waals surface area contributed by atoms with E-state index in [0.29, 0.717) is 34.7 Å². The van der Waals surface area contributed by atoms with Gasteiger partial charge in [-0.3, -0.25) is 14.3 Å². The minimum absolute atomic E-state index is 0.110. The van der Waals surface area contributed by atoms with Gasteiger partial charge in [-0.25, -0.2) is 9.97 Å². The summed E-state index contributed by atoms with van der Waals surface area (Å²) in [7, 11) is 0. The smallest absolute Gasteiger partial charge is 0.261 e. The number of hydrogen-bond acceptors (Lipinski definition) is 5. The van der Waals surface area contributed by atoms with Crippen molar-refractivity contribution in [1.29, 1.82) is 0 Å². The second-order valence-electron chi connectivity index (χ2n) is 7.85. The lowest BCUT2D eigenvalue weighted by atomic mass is 9.92. The number of rotatable bonds is 3. The molecular formula is C23H21ClN4O2. The number of benzene rings is 1. The minimum atomic E-state index is -0.553. The van der Waals surface area contributed by atoms with Gasteiger partial charge in [0, 0.05) is 35.8 Å². The Hall–Kier alpha value is -2.83. The van der Waals surface area contributed by atoms with Gasteiger partial charge in [0.15, 0.2) is 0 Å². The fourth-order valence-electron chi connectivity index (χ4n) is 4.43. The highest BCUT2D eigenvalue weighted by Crippen LogP contribution is 2.30. The average Bonchev–Trinajstić information content (AvgIpc) is 2.76. The lowest BCUT2D eigenvalue weighted by molar-refractivity contribution is 0.0721. The van der Waals surface area contributed by atoms with Crippen molar-refractivity contribution >= 4 is 33.3 Å². The lowest BCUT2D eigenvalue weighted by Gasteiger charge is -2.31. The van der Waals surface area contributed by atoms with E-state index in [1.54, 1.807) is 29.2 Å². The molecule has 152 valence electrons. The highest BCUT2D eigenvalue weighted by Gasteiger charge is 2.28. The molecule has 1 saturated carbocycles. The SMILES string of the molecule is O=c1c2ccc3cnccc3c2nc(Cc2ccc(Cl)nc2)n1[C@H]1CCCC[C@@H]1O. The third kappa shape index (κ3) is 3.36. The van der Waals surface area contributed by atoms with E-state index in [-0.39, 0.29) is 11.6 Å². The van der Waals surface area contributed by atoms with Crippen LogP contribution in [0, 0.1) is 0 Å². The van der Waals surface area contributed by atoms with Crippen LogP contribution >= 0.6 is 11.6 Å². The number of halogens is 1. The van der Waals surface area contributed by atoms with Gasteiger partial charge in [0.2, 0.25) is 0 Å². The number of fused-ring (bicyclic) bond motifs is 3. The zero-order chi connectivity index (χ0) is 20.7. The van der Waals surface area contributed by atoms with Gasteiger partial charge in [0.05, 0.1) is 23.0 Å². The summed E-state index contributed by atoms with van der Waals surface area (Å²) >= 11 is 5.93. The Bertz CT molecular complexity index is 1290. The molecular weight excluding hydrogens is 400 g/mol. The standard InChI is InChI=1S/C23H21ClN4O2/c24-20-8-5-14(12-26-20)11-21-27-22-16-9-10-25-13-15(16)6-7-17(22)23(30)28(21)18-3-1-2-4-19(18)29/h5-10,12-13,18-19,29H,1-4,11H2/t18-,19-/m0/s1. The molecule has 0 aliphatic heterocycles. The van der Waals surface area contributed by atoms with Crippen LogP contribution in [-0.4, -0.2) is 30.7 Å². The van der Waals surface area contributed by atoms with Crippen LogP contribution in [0.3, 0.4) is 0 Å². The van der Waals surface area contributed by atoms with Crippen LogP contribution in [0.4, 0.5) is 0 Å². The molecule has 4 aromatic rings. The normalized spacial score (nSPS) is 19.4. The van der Waals surface area contributed by atoms with Gasteiger partial charge in [-0.1, -0.05) is 36.6 Å². The third-order valence-corrected chi connectivity index (χ3v) is 6.16. The zero-order valence-electron chi connectivity index (χ0n) is 16.3. The van der Waals surface area contributed by atoms with Gasteiger partial charge in [-0.05, 0) is 36.6 Å². The molecule has 0 amide bonds. The first-order chi connectivity index (χ1) is 14.6. The Kier molecular flexibility index (Phi) is 4.97. The first-order valence-corrected chi connectivity index (χ1v) is 10.6. The molecule has 30 heavy (non-hydrogen) atoms. The molecule has 2 atom stereocenters. The Morgan fingerprint density at radius 2 is 1.93 bits per heavy atom. The van der Waals surface area contributed by atoms with Crippen LogP contribution in [0.25, 0.3) is 21.7 Å². The molecule has 0 spiro atoms. The molecule has 1 aliphatic carbocycles. The summed E-state index contributed by atoms with van der Waals surface area (Å²) in [4.78, 5) is 26.9. The van der Waals surface area contributed by atoms with Crippen molar-refractivity contribution in [3.05, 3.63) is 75.8 Å². The largest absolute Gasteiger partial charge is 0.391 e. The van der Waals surface area contributed by atoms with E-state index >= 15 is 0 Å². The Balaban J connectivity index is 1.76. The van der Waals surface area contributed by atoms with Crippen molar-refractivity contribution in [2.75, 3.05) is 0 Å². The van der Waals surface area contributed by atoms with E-state index in [1.165, 1.54) is 0 Å². The van der Waals surface area contributed by atoms with Gasteiger partial charge >= 0.3 is 0 Å². The third-order valence-electron chi connectivity index (χ3n) is 5.94. The highest BCUT2D eigenvalue weighted by molar-refractivity contribution is 6.29. The number of aliphatic hydroxyl groups excluding tert-OH is 1. The van der Waals surface area contributed by atoms with Crippen molar-refractivity contribution in [2.45, 2.75) is 44.2 Å². The van der Waals surface area contributed by atoms with Crippen molar-refractivity contribution in [1.82, 2.24) is 19.5 Å². The summed E-state index contributed by atoms with van der Waals surface area (Å²) in [5.74, 6) is 0.631. The molecule has 1 aliphatic rings. The van der Waals surface area contributed by atoms with Crippen LogP contribution in [-0.2, 0) is 6.42 Å². The van der Waals surface area contributed by atoms with Gasteiger partial charge in [0.1, 0.15) is 11.0 Å². The molecule has 7 heteroatoms. The Labute approximate surface area is 178 Å². The van der Waals surface area contributed by atoms with Gasteiger partial charge < -0.3 is 5.11 Å². The molecule has 3 aromatic heterocycles. The van der Waals surface area contributed by atoms with Gasteiger partial charge in [-0.2, -0.15) is 0 Å². The molecule has 1 aromatic carbocycles. The van der Waals surface area contributed by atoms with Crippen molar-refractivity contribution in [2.24, 2.45) is 0 Å². The molecule has 1 fully saturated rings. The minimum Gasteiger partial charge on any atom is -0.391 e.